The molecule has 1 aliphatic carbocycles. The normalized spacial score (nSPS) is 20.3. The molecule has 0 radical (unpaired) electrons. The van der Waals surface area contributed by atoms with Crippen molar-refractivity contribution in [2.24, 2.45) is 17.8 Å². The summed E-state index contributed by atoms with van der Waals surface area (Å²) >= 11 is 0. The summed E-state index contributed by atoms with van der Waals surface area (Å²) in [6.07, 6.45) is 3.48. The number of hydrogen-bond acceptors (Lipinski definition) is 10. The summed E-state index contributed by atoms with van der Waals surface area (Å²) < 4.78 is 30.5. The van der Waals surface area contributed by atoms with E-state index in [4.69, 9.17) is 40.5 Å². The molecule has 3 heterocycles. The summed E-state index contributed by atoms with van der Waals surface area (Å²) in [6.45, 7) is 20.1. The van der Waals surface area contributed by atoms with Crippen molar-refractivity contribution in [2.45, 2.75) is 60.0 Å². The predicted octanol–water partition coefficient (Wildman–Crippen LogP) is 7.58. The molecule has 1 saturated heterocycles. The minimum Gasteiger partial charge on any atom is -0.494 e. The topological polar surface area (TPSA) is 150 Å². The van der Waals surface area contributed by atoms with Gasteiger partial charge in [0.1, 0.15) is 29.4 Å². The third-order valence-corrected chi connectivity index (χ3v) is 9.74. The van der Waals surface area contributed by atoms with E-state index in [0.717, 1.165) is 35.8 Å². The average Bonchev–Trinajstić information content (AvgIpc) is 3.69. The summed E-state index contributed by atoms with van der Waals surface area (Å²) in [5, 5.41) is 11.9. The maximum absolute atomic E-state index is 14.1. The number of aromatic nitrogens is 3. The molecule has 0 bridgehead atoms. The number of aromatic amines is 1. The van der Waals surface area contributed by atoms with Crippen molar-refractivity contribution in [3.05, 3.63) is 82.6 Å². The number of H-pyrrole nitrogens is 1. The Morgan fingerprint density at radius 3 is 2.47 bits per heavy atom. The van der Waals surface area contributed by atoms with Crippen LogP contribution in [0.2, 0.25) is 0 Å². The zero-order valence-corrected chi connectivity index (χ0v) is 30.6. The fourth-order valence-electron chi connectivity index (χ4n) is 7.44. The van der Waals surface area contributed by atoms with Crippen LogP contribution in [0.1, 0.15) is 67.6 Å². The lowest BCUT2D eigenvalue weighted by atomic mass is 9.75. The van der Waals surface area contributed by atoms with E-state index < -0.39 is 12.1 Å². The van der Waals surface area contributed by atoms with Crippen molar-refractivity contribution in [2.75, 3.05) is 32.9 Å². The van der Waals surface area contributed by atoms with Crippen LogP contribution in [-0.2, 0) is 20.8 Å². The lowest BCUT2D eigenvalue weighted by molar-refractivity contribution is -0.187. The van der Waals surface area contributed by atoms with Crippen molar-refractivity contribution >= 4 is 23.4 Å². The molecule has 2 aliphatic rings. The van der Waals surface area contributed by atoms with Gasteiger partial charge in [0.05, 0.1) is 26.4 Å². The first-order chi connectivity index (χ1) is 25.6. The van der Waals surface area contributed by atoms with Crippen molar-refractivity contribution in [1.82, 2.24) is 19.5 Å². The van der Waals surface area contributed by atoms with Gasteiger partial charge >= 0.3 is 12.1 Å². The van der Waals surface area contributed by atoms with Gasteiger partial charge in [0.15, 0.2) is 17.7 Å². The summed E-state index contributed by atoms with van der Waals surface area (Å²) in [5.41, 5.74) is 3.21. The Morgan fingerprint density at radius 1 is 1.06 bits per heavy atom. The molecule has 2 aromatic heterocycles. The molecular weight excluding hydrogens is 682 g/mol. The van der Waals surface area contributed by atoms with Gasteiger partial charge in [-0.3, -0.25) is 5.10 Å². The van der Waals surface area contributed by atoms with Crippen molar-refractivity contribution < 1.29 is 43.4 Å². The highest BCUT2D eigenvalue weighted by molar-refractivity contribution is 6.05. The second-order valence-electron chi connectivity index (χ2n) is 13.8. The number of carbonyl (C=O) groups is 2. The molecule has 1 saturated carbocycles. The first-order valence-electron chi connectivity index (χ1n) is 17.9. The number of esters is 1. The lowest BCUT2D eigenvalue weighted by Gasteiger charge is -2.37. The molecule has 2 N–H and O–H groups in total. The van der Waals surface area contributed by atoms with Crippen LogP contribution in [0.3, 0.4) is 0 Å². The molecular formula is C39H45N5O9. The SMILES string of the molecule is [C-]#[N+]c1c(C(=O)OC2C(C)CC(C)CC2C)c2nc(-c3ccc(OCC)c(Cc4cc(C)ccc4O/C=C/OO)c3)[nH]n2c1OC(=O)N1CCOCC1. The molecule has 53 heavy (non-hydrogen) atoms. The van der Waals surface area contributed by atoms with Crippen molar-refractivity contribution in [3.63, 3.8) is 0 Å². The number of amides is 1. The maximum Gasteiger partial charge on any atom is 0.415 e. The summed E-state index contributed by atoms with van der Waals surface area (Å²) in [4.78, 5) is 41.5. The predicted molar refractivity (Wildman–Crippen MR) is 194 cm³/mol. The number of carbonyl (C=O) groups excluding carboxylic acids is 2. The smallest absolute Gasteiger partial charge is 0.415 e. The Labute approximate surface area is 307 Å². The number of benzene rings is 2. The summed E-state index contributed by atoms with van der Waals surface area (Å²) in [6, 6.07) is 11.3. The standard InChI is InChI=1S/C39H45N5O9/c1-7-49-30-11-9-27(21-29(30)22-28-20-23(2)8-10-31(28)50-16-17-51-47)35-41-36-32(38(45)52-34-25(4)18-24(3)19-26(34)5)33(40-6)37(44(36)42-35)53-39(46)43-12-14-48-15-13-43/h8-11,16-17,20-21,24-26,34,47H,7,12-15,18-19,22H2,1-5H3,(H,41,42)/b17-16+. The zero-order chi connectivity index (χ0) is 37.6. The maximum atomic E-state index is 14.1. The van der Waals surface area contributed by atoms with E-state index in [1.54, 1.807) is 0 Å². The minimum atomic E-state index is -0.696. The third-order valence-electron chi connectivity index (χ3n) is 9.74. The molecule has 2 atom stereocenters. The molecule has 280 valence electrons. The monoisotopic (exact) mass is 727 g/mol. The van der Waals surface area contributed by atoms with Gasteiger partial charge in [0, 0.05) is 25.1 Å². The molecule has 2 aromatic carbocycles. The number of ether oxygens (including phenoxy) is 5. The molecule has 14 nitrogen and oxygen atoms in total. The molecule has 0 spiro atoms. The van der Waals surface area contributed by atoms with Crippen LogP contribution in [0.25, 0.3) is 21.9 Å². The van der Waals surface area contributed by atoms with Gasteiger partial charge in [0.2, 0.25) is 5.88 Å². The first kappa shape index (κ1) is 37.2. The quantitative estimate of drug-likeness (QED) is 0.0521. The van der Waals surface area contributed by atoms with Crippen LogP contribution in [0.4, 0.5) is 10.5 Å². The molecule has 6 rings (SSSR count). The number of aryl methyl sites for hydroxylation is 1. The molecule has 1 aliphatic heterocycles. The number of rotatable bonds is 11. The van der Waals surface area contributed by atoms with Crippen LogP contribution < -0.4 is 14.2 Å². The first-order valence-corrected chi connectivity index (χ1v) is 17.9. The van der Waals surface area contributed by atoms with Crippen LogP contribution in [0, 0.1) is 31.2 Å². The van der Waals surface area contributed by atoms with E-state index >= 15 is 0 Å². The largest absolute Gasteiger partial charge is 0.494 e. The van der Waals surface area contributed by atoms with Gasteiger partial charge in [0.25, 0.3) is 5.69 Å². The molecule has 14 heteroatoms. The van der Waals surface area contributed by atoms with Gasteiger partial charge in [-0.25, -0.2) is 29.2 Å². The van der Waals surface area contributed by atoms with Gasteiger partial charge < -0.3 is 33.5 Å². The van der Waals surface area contributed by atoms with Gasteiger partial charge in [-0.05, 0) is 79.8 Å². The Balaban J connectivity index is 1.42. The van der Waals surface area contributed by atoms with Crippen LogP contribution >= 0.6 is 0 Å². The number of morpholine rings is 1. The fraction of sp³-hybridized carbons (Fsp3) is 0.436. The second kappa shape index (κ2) is 16.4. The molecule has 4 aromatic rings. The fourth-order valence-corrected chi connectivity index (χ4v) is 7.44. The number of hydrogen-bond donors (Lipinski definition) is 2. The van der Waals surface area contributed by atoms with Gasteiger partial charge in [-0.2, -0.15) is 0 Å². The Kier molecular flexibility index (Phi) is 11.6. The number of nitrogens with zero attached hydrogens (tertiary/aromatic N) is 4. The Hall–Kier alpha value is -5.52. The zero-order valence-electron chi connectivity index (χ0n) is 30.6. The number of fused-ring (bicyclic) bond motifs is 1. The van der Waals surface area contributed by atoms with E-state index in [2.05, 4.69) is 35.6 Å². The Morgan fingerprint density at radius 2 is 1.77 bits per heavy atom. The van der Waals surface area contributed by atoms with E-state index in [0.29, 0.717) is 68.1 Å². The van der Waals surface area contributed by atoms with E-state index in [1.807, 2.05) is 50.2 Å². The molecule has 2 fully saturated rings. The van der Waals surface area contributed by atoms with Crippen LogP contribution in [-0.4, -0.2) is 75.8 Å². The second-order valence-corrected chi connectivity index (χ2v) is 13.8. The van der Waals surface area contributed by atoms with Crippen LogP contribution in [0.5, 0.6) is 17.4 Å². The average molecular weight is 728 g/mol. The third kappa shape index (κ3) is 8.11. The Bertz CT molecular complexity index is 2010. The highest BCUT2D eigenvalue weighted by Gasteiger charge is 2.38. The number of nitrogens with one attached hydrogen (secondary N) is 1. The highest BCUT2D eigenvalue weighted by Crippen LogP contribution is 2.41. The van der Waals surface area contributed by atoms with Gasteiger partial charge in [-0.1, -0.05) is 38.5 Å². The van der Waals surface area contributed by atoms with Crippen LogP contribution in [0.15, 0.2) is 48.9 Å². The minimum absolute atomic E-state index is 0.0714. The highest BCUT2D eigenvalue weighted by atomic mass is 17.1. The van der Waals surface area contributed by atoms with Crippen molar-refractivity contribution in [1.29, 1.82) is 0 Å². The van der Waals surface area contributed by atoms with Crippen molar-refractivity contribution in [3.8, 4) is 28.8 Å². The van der Waals surface area contributed by atoms with E-state index in [1.165, 1.54) is 15.7 Å². The van der Waals surface area contributed by atoms with Gasteiger partial charge in [-0.15, -0.1) is 0 Å². The molecule has 2 unspecified atom stereocenters. The molecule has 1 amide bonds. The summed E-state index contributed by atoms with van der Waals surface area (Å²) in [7, 11) is 0. The lowest BCUT2D eigenvalue weighted by Crippen LogP contribution is -2.42. The van der Waals surface area contributed by atoms with E-state index in [-0.39, 0.29) is 40.7 Å². The summed E-state index contributed by atoms with van der Waals surface area (Å²) in [5.74, 6) is 1.49. The van der Waals surface area contributed by atoms with E-state index in [9.17, 15) is 9.59 Å².